The van der Waals surface area contributed by atoms with E-state index in [-0.39, 0.29) is 25.1 Å². The summed E-state index contributed by atoms with van der Waals surface area (Å²) in [7, 11) is 0. The van der Waals surface area contributed by atoms with Crippen molar-refractivity contribution in [2.75, 3.05) is 0 Å². The van der Waals surface area contributed by atoms with E-state index < -0.39 is 18.0 Å². The van der Waals surface area contributed by atoms with Crippen molar-refractivity contribution in [1.29, 1.82) is 0 Å². The molecule has 0 spiro atoms. The Hall–Kier alpha value is -1.18. The van der Waals surface area contributed by atoms with Gasteiger partial charge in [0.25, 0.3) is 0 Å². The predicted octanol–water partition coefficient (Wildman–Crippen LogP) is 0.0155. The zero-order valence-electron chi connectivity index (χ0n) is 7.28. The van der Waals surface area contributed by atoms with Crippen LogP contribution in [-0.4, -0.2) is 28.2 Å². The van der Waals surface area contributed by atoms with Gasteiger partial charge >= 0.3 is 11.9 Å². The molecule has 0 aromatic carbocycles. The molecule has 74 valence electrons. The van der Waals surface area contributed by atoms with Gasteiger partial charge in [-0.15, -0.1) is 0 Å². The average Bonchev–Trinajstić information content (AvgIpc) is 1.82. The number of carbonyl (C=O) groups is 2. The van der Waals surface area contributed by atoms with Crippen LogP contribution in [0, 0.1) is 0 Å². The maximum atomic E-state index is 9.99. The maximum Gasteiger partial charge on any atom is 0.320 e. The molecule has 0 heterocycles. The van der Waals surface area contributed by atoms with Gasteiger partial charge in [-0.1, -0.05) is 0 Å². The number of quaternary nitrogens is 2. The van der Waals surface area contributed by atoms with Crippen molar-refractivity contribution in [3.63, 3.8) is 0 Å². The van der Waals surface area contributed by atoms with E-state index in [1.54, 1.807) is 0 Å². The highest BCUT2D eigenvalue weighted by molar-refractivity contribution is 5.74. The molecule has 0 aliphatic rings. The lowest BCUT2D eigenvalue weighted by atomic mass is 10.2. The van der Waals surface area contributed by atoms with Crippen LogP contribution < -0.4 is 18.0 Å². The number of aliphatic carboxylic acids is 2. The van der Waals surface area contributed by atoms with Gasteiger partial charge < -0.3 is 28.2 Å². The SMILES string of the molecule is N[C@@H](CCC(=O)O)C(=O)O.[NH4+].[NH4+]. The van der Waals surface area contributed by atoms with Crippen molar-refractivity contribution < 1.29 is 19.8 Å². The van der Waals surface area contributed by atoms with Crippen LogP contribution in [0.3, 0.4) is 0 Å². The van der Waals surface area contributed by atoms with Gasteiger partial charge in [0.15, 0.2) is 0 Å². The van der Waals surface area contributed by atoms with E-state index in [1.165, 1.54) is 0 Å². The Morgan fingerprint density at radius 2 is 1.67 bits per heavy atom. The molecule has 0 saturated carbocycles. The molecule has 0 aliphatic heterocycles. The minimum absolute atomic E-state index is 0. The third-order valence-corrected chi connectivity index (χ3v) is 0.986. The minimum atomic E-state index is -1.17. The van der Waals surface area contributed by atoms with Crippen LogP contribution in [0.5, 0.6) is 0 Å². The first kappa shape index (κ1) is 17.1. The zero-order chi connectivity index (χ0) is 8.15. The molecular weight excluding hydrogens is 166 g/mol. The van der Waals surface area contributed by atoms with Gasteiger partial charge in [0, 0.05) is 6.42 Å². The molecule has 0 amide bonds. The Morgan fingerprint density at radius 3 is 1.92 bits per heavy atom. The van der Waals surface area contributed by atoms with Gasteiger partial charge in [-0.05, 0) is 6.42 Å². The Bertz CT molecular complexity index is 150. The highest BCUT2D eigenvalue weighted by Crippen LogP contribution is 1.93. The number of hydrogen-bond donors (Lipinski definition) is 5. The summed E-state index contributed by atoms with van der Waals surface area (Å²) >= 11 is 0. The maximum absolute atomic E-state index is 9.99. The molecule has 0 aliphatic carbocycles. The van der Waals surface area contributed by atoms with Crippen molar-refractivity contribution in [2.24, 2.45) is 5.73 Å². The van der Waals surface area contributed by atoms with Crippen molar-refractivity contribution in [3.8, 4) is 0 Å². The van der Waals surface area contributed by atoms with E-state index in [9.17, 15) is 9.59 Å². The summed E-state index contributed by atoms with van der Waals surface area (Å²) in [5.41, 5.74) is 5.00. The molecule has 0 saturated heterocycles. The second-order valence-electron chi connectivity index (χ2n) is 1.88. The second kappa shape index (κ2) is 7.92. The molecule has 0 rings (SSSR count). The first-order valence-corrected chi connectivity index (χ1v) is 2.74. The molecule has 12 heavy (non-hydrogen) atoms. The largest absolute Gasteiger partial charge is 0.481 e. The van der Waals surface area contributed by atoms with Crippen LogP contribution in [0.2, 0.25) is 0 Å². The monoisotopic (exact) mass is 183 g/mol. The van der Waals surface area contributed by atoms with Crippen molar-refractivity contribution in [2.45, 2.75) is 18.9 Å². The summed E-state index contributed by atoms with van der Waals surface area (Å²) in [6, 6.07) is -1.06. The van der Waals surface area contributed by atoms with Gasteiger partial charge in [-0.3, -0.25) is 9.59 Å². The topological polar surface area (TPSA) is 174 Å². The highest BCUT2D eigenvalue weighted by atomic mass is 16.4. The van der Waals surface area contributed by atoms with E-state index in [4.69, 9.17) is 15.9 Å². The molecule has 12 N–H and O–H groups in total. The van der Waals surface area contributed by atoms with Crippen LogP contribution in [0.4, 0.5) is 0 Å². The normalized spacial score (nSPS) is 10.4. The van der Waals surface area contributed by atoms with Crippen LogP contribution in [-0.2, 0) is 9.59 Å². The molecule has 7 heteroatoms. The molecule has 0 unspecified atom stereocenters. The lowest BCUT2D eigenvalue weighted by molar-refractivity contribution is -0.139. The number of nitrogens with two attached hydrogens (primary N) is 1. The van der Waals surface area contributed by atoms with E-state index in [0.29, 0.717) is 0 Å². The van der Waals surface area contributed by atoms with Crippen LogP contribution in [0.15, 0.2) is 0 Å². The fraction of sp³-hybridized carbons (Fsp3) is 0.600. The molecule has 0 bridgehead atoms. The van der Waals surface area contributed by atoms with Crippen molar-refractivity contribution in [1.82, 2.24) is 12.3 Å². The van der Waals surface area contributed by atoms with Gasteiger partial charge in [-0.2, -0.15) is 0 Å². The summed E-state index contributed by atoms with van der Waals surface area (Å²) in [4.78, 5) is 19.9. The summed E-state index contributed by atoms with van der Waals surface area (Å²) in [5, 5.41) is 16.3. The third-order valence-electron chi connectivity index (χ3n) is 0.986. The molecule has 0 radical (unpaired) electrons. The first-order chi connectivity index (χ1) is 4.54. The standard InChI is InChI=1S/C5H9NO4.2H3N/c6-3(5(9)10)1-2-4(7)8;;/h3H,1-2,6H2,(H,7,8)(H,9,10);2*1H3/p+2/t3-;;/m0../s1. The molecule has 7 nitrogen and oxygen atoms in total. The van der Waals surface area contributed by atoms with Gasteiger partial charge in [0.2, 0.25) is 0 Å². The van der Waals surface area contributed by atoms with Gasteiger partial charge in [0.05, 0.1) is 0 Å². The number of rotatable bonds is 4. The lowest BCUT2D eigenvalue weighted by Crippen LogP contribution is -2.30. The zero-order valence-corrected chi connectivity index (χ0v) is 7.28. The molecule has 0 aromatic rings. The Balaban J connectivity index is -0.000000405. The summed E-state index contributed by atoms with van der Waals surface area (Å²) in [6.45, 7) is 0. The average molecular weight is 183 g/mol. The van der Waals surface area contributed by atoms with Crippen molar-refractivity contribution >= 4 is 11.9 Å². The van der Waals surface area contributed by atoms with E-state index in [1.807, 2.05) is 0 Å². The fourth-order valence-corrected chi connectivity index (χ4v) is 0.402. The fourth-order valence-electron chi connectivity index (χ4n) is 0.402. The number of carboxylic acid groups (broad SMARTS) is 2. The van der Waals surface area contributed by atoms with E-state index >= 15 is 0 Å². The highest BCUT2D eigenvalue weighted by Gasteiger charge is 2.12. The molecule has 1 atom stereocenters. The van der Waals surface area contributed by atoms with Gasteiger partial charge in [-0.25, -0.2) is 0 Å². The Kier molecular flexibility index (Phi) is 11.3. The molecular formula is C5H17N3O4+2. The summed E-state index contributed by atoms with van der Waals surface area (Å²) in [6.07, 6.45) is -0.224. The summed E-state index contributed by atoms with van der Waals surface area (Å²) < 4.78 is 0. The molecule has 0 fully saturated rings. The van der Waals surface area contributed by atoms with Gasteiger partial charge in [0.1, 0.15) is 6.04 Å². The van der Waals surface area contributed by atoms with E-state index in [2.05, 4.69) is 0 Å². The molecule has 0 aromatic heterocycles. The van der Waals surface area contributed by atoms with Crippen LogP contribution in [0.1, 0.15) is 12.8 Å². The summed E-state index contributed by atoms with van der Waals surface area (Å²) in [5.74, 6) is -2.20. The van der Waals surface area contributed by atoms with Crippen LogP contribution in [0.25, 0.3) is 0 Å². The quantitative estimate of drug-likeness (QED) is 0.412. The van der Waals surface area contributed by atoms with Crippen LogP contribution >= 0.6 is 0 Å². The smallest absolute Gasteiger partial charge is 0.320 e. The predicted molar refractivity (Wildman–Crippen MR) is 44.5 cm³/mol. The second-order valence-corrected chi connectivity index (χ2v) is 1.88. The third kappa shape index (κ3) is 8.82. The minimum Gasteiger partial charge on any atom is -0.481 e. The van der Waals surface area contributed by atoms with Crippen molar-refractivity contribution in [3.05, 3.63) is 0 Å². The Morgan fingerprint density at radius 1 is 1.25 bits per heavy atom. The lowest BCUT2D eigenvalue weighted by Gasteiger charge is -2.01. The Labute approximate surface area is 69.7 Å². The number of hydrogen-bond acceptors (Lipinski definition) is 3. The number of carboxylic acids is 2. The van der Waals surface area contributed by atoms with E-state index in [0.717, 1.165) is 0 Å². The first-order valence-electron chi connectivity index (χ1n) is 2.74.